The first kappa shape index (κ1) is 24.5. The van der Waals surface area contributed by atoms with Crippen LogP contribution in [0.3, 0.4) is 0 Å². The summed E-state index contributed by atoms with van der Waals surface area (Å²) in [6, 6.07) is 7.16. The summed E-state index contributed by atoms with van der Waals surface area (Å²) in [5.74, 6) is -1.17. The van der Waals surface area contributed by atoms with Crippen molar-refractivity contribution >= 4 is 23.6 Å². The number of amides is 2. The molecule has 170 valence electrons. The molecule has 31 heavy (non-hydrogen) atoms. The lowest BCUT2D eigenvalue weighted by molar-refractivity contribution is -0.148. The van der Waals surface area contributed by atoms with E-state index < -0.39 is 28.9 Å². The zero-order chi connectivity index (χ0) is 23.2. The summed E-state index contributed by atoms with van der Waals surface area (Å²) in [7, 11) is 3.00. The Balaban J connectivity index is 0.000000235. The fourth-order valence-electron chi connectivity index (χ4n) is 3.66. The van der Waals surface area contributed by atoms with E-state index in [0.29, 0.717) is 17.1 Å². The monoisotopic (exact) mass is 432 g/mol. The van der Waals surface area contributed by atoms with Crippen molar-refractivity contribution in [2.75, 3.05) is 14.2 Å². The fourth-order valence-corrected chi connectivity index (χ4v) is 3.66. The molecule has 1 aromatic rings. The number of fused-ring (bicyclic) bond motifs is 1. The van der Waals surface area contributed by atoms with E-state index in [-0.39, 0.29) is 0 Å². The van der Waals surface area contributed by atoms with E-state index in [4.69, 9.17) is 14.6 Å². The highest BCUT2D eigenvalue weighted by atomic mass is 16.5. The minimum atomic E-state index is -1.07. The molecule has 1 fully saturated rings. The van der Waals surface area contributed by atoms with Crippen molar-refractivity contribution in [1.29, 1.82) is 0 Å². The van der Waals surface area contributed by atoms with Gasteiger partial charge in [0, 0.05) is 7.11 Å². The normalized spacial score (nSPS) is 20.9. The number of aliphatic imine (C=N–C) groups is 1. The van der Waals surface area contributed by atoms with Crippen molar-refractivity contribution < 1.29 is 29.0 Å². The summed E-state index contributed by atoms with van der Waals surface area (Å²) in [4.78, 5) is 38.6. The molecule has 1 saturated heterocycles. The SMILES string of the molecule is CCCCCCC(C)(CC)C(=O)O.COc1ccccc1C1(OC)C2=NC(=O)C(=O)N21. The van der Waals surface area contributed by atoms with Gasteiger partial charge in [0.05, 0.1) is 18.1 Å². The minimum absolute atomic E-state index is 0.324. The lowest BCUT2D eigenvalue weighted by Crippen LogP contribution is -2.28. The molecule has 2 unspecified atom stereocenters. The number of carbonyl (C=O) groups excluding carboxylic acids is 2. The Morgan fingerprint density at radius 2 is 1.84 bits per heavy atom. The number of para-hydroxylation sites is 1. The Labute approximate surface area is 183 Å². The number of aliphatic carboxylic acids is 1. The van der Waals surface area contributed by atoms with Gasteiger partial charge in [0.1, 0.15) is 5.75 Å². The first-order valence-electron chi connectivity index (χ1n) is 10.6. The van der Waals surface area contributed by atoms with Gasteiger partial charge in [-0.3, -0.25) is 14.4 Å². The molecule has 0 bridgehead atoms. The molecular weight excluding hydrogens is 400 g/mol. The lowest BCUT2D eigenvalue weighted by atomic mass is 9.82. The quantitative estimate of drug-likeness (QED) is 0.343. The van der Waals surface area contributed by atoms with Gasteiger partial charge in [-0.05, 0) is 31.9 Å². The first-order valence-corrected chi connectivity index (χ1v) is 10.6. The second kappa shape index (κ2) is 10.0. The molecule has 8 heteroatoms. The van der Waals surface area contributed by atoms with Gasteiger partial charge in [-0.25, -0.2) is 4.90 Å². The van der Waals surface area contributed by atoms with E-state index in [0.717, 1.165) is 19.3 Å². The molecule has 2 heterocycles. The number of rotatable bonds is 10. The number of carboxylic acid groups (broad SMARTS) is 1. The van der Waals surface area contributed by atoms with Gasteiger partial charge in [0.15, 0.2) is 5.84 Å². The van der Waals surface area contributed by atoms with E-state index in [1.165, 1.54) is 38.4 Å². The van der Waals surface area contributed by atoms with Crippen molar-refractivity contribution in [1.82, 2.24) is 4.90 Å². The maximum absolute atomic E-state index is 11.6. The number of carboxylic acids is 1. The second-order valence-electron chi connectivity index (χ2n) is 7.96. The Bertz CT molecular complexity index is 867. The first-order chi connectivity index (χ1) is 14.7. The molecule has 2 aliphatic heterocycles. The minimum Gasteiger partial charge on any atom is -0.496 e. The van der Waals surface area contributed by atoms with Crippen LogP contribution < -0.4 is 4.74 Å². The maximum Gasteiger partial charge on any atom is 0.337 e. The predicted octanol–water partition coefficient (Wildman–Crippen LogP) is 3.73. The smallest absolute Gasteiger partial charge is 0.337 e. The molecule has 0 radical (unpaired) electrons. The van der Waals surface area contributed by atoms with Crippen LogP contribution in [0.2, 0.25) is 0 Å². The van der Waals surface area contributed by atoms with E-state index in [1.54, 1.807) is 18.2 Å². The van der Waals surface area contributed by atoms with Gasteiger partial charge in [0.2, 0.25) is 5.72 Å². The Hall–Kier alpha value is -2.74. The molecule has 0 aliphatic carbocycles. The highest BCUT2D eigenvalue weighted by molar-refractivity contribution is 6.49. The molecule has 8 nitrogen and oxygen atoms in total. The van der Waals surface area contributed by atoms with Crippen molar-refractivity contribution in [3.05, 3.63) is 29.8 Å². The fraction of sp³-hybridized carbons (Fsp3) is 0.565. The largest absolute Gasteiger partial charge is 0.496 e. The van der Waals surface area contributed by atoms with Crippen molar-refractivity contribution in [3.8, 4) is 5.75 Å². The molecular formula is C23H32N2O6. The van der Waals surface area contributed by atoms with Gasteiger partial charge in [-0.2, -0.15) is 4.99 Å². The van der Waals surface area contributed by atoms with Crippen LogP contribution in [0.1, 0.15) is 64.9 Å². The van der Waals surface area contributed by atoms with Crippen LogP contribution >= 0.6 is 0 Å². The van der Waals surface area contributed by atoms with Crippen molar-refractivity contribution in [3.63, 3.8) is 0 Å². The van der Waals surface area contributed by atoms with Gasteiger partial charge in [-0.15, -0.1) is 0 Å². The van der Waals surface area contributed by atoms with E-state index in [2.05, 4.69) is 11.9 Å². The van der Waals surface area contributed by atoms with Crippen molar-refractivity contribution in [2.45, 2.75) is 65.0 Å². The average molecular weight is 433 g/mol. The number of hydrogen-bond donors (Lipinski definition) is 1. The van der Waals surface area contributed by atoms with E-state index in [1.807, 2.05) is 19.9 Å². The van der Waals surface area contributed by atoms with Gasteiger partial charge >= 0.3 is 17.8 Å². The highest BCUT2D eigenvalue weighted by Crippen LogP contribution is 2.51. The molecule has 0 aromatic heterocycles. The van der Waals surface area contributed by atoms with Crippen LogP contribution in [-0.4, -0.2) is 47.8 Å². The number of amidine groups is 1. The highest BCUT2D eigenvalue weighted by Gasteiger charge is 2.71. The van der Waals surface area contributed by atoms with E-state index >= 15 is 0 Å². The summed E-state index contributed by atoms with van der Waals surface area (Å²) in [6.07, 6.45) is 6.19. The maximum atomic E-state index is 11.6. The average Bonchev–Trinajstić information content (AvgIpc) is 3.32. The third-order valence-electron chi connectivity index (χ3n) is 6.02. The number of carbonyl (C=O) groups is 3. The molecule has 0 saturated carbocycles. The van der Waals surface area contributed by atoms with Crippen LogP contribution in [0.15, 0.2) is 29.3 Å². The second-order valence-corrected chi connectivity index (χ2v) is 7.96. The Morgan fingerprint density at radius 1 is 1.16 bits per heavy atom. The summed E-state index contributed by atoms with van der Waals surface area (Å²) < 4.78 is 10.6. The standard InChI is InChI=1S/C12H10N2O4.C11H22O2/c1-17-8-6-4-3-5-7(8)12(18-2)11-13-9(15)10(16)14(11)12;1-4-6-7-8-9-11(3,5-2)10(12)13/h3-6H,1-2H3;4-9H2,1-3H3,(H,12,13). The summed E-state index contributed by atoms with van der Waals surface area (Å²) in [5.41, 5.74) is -0.902. The number of ether oxygens (including phenoxy) is 2. The summed E-state index contributed by atoms with van der Waals surface area (Å²) >= 11 is 0. The van der Waals surface area contributed by atoms with Gasteiger partial charge < -0.3 is 14.6 Å². The van der Waals surface area contributed by atoms with Crippen LogP contribution in [0.4, 0.5) is 0 Å². The topological polar surface area (TPSA) is 105 Å². The van der Waals surface area contributed by atoms with Gasteiger partial charge in [-0.1, -0.05) is 51.7 Å². The van der Waals surface area contributed by atoms with Crippen molar-refractivity contribution in [2.24, 2.45) is 10.4 Å². The molecule has 1 N–H and O–H groups in total. The molecule has 1 aromatic carbocycles. The molecule has 3 rings (SSSR count). The van der Waals surface area contributed by atoms with Crippen LogP contribution in [-0.2, 0) is 24.8 Å². The number of methoxy groups -OCH3 is 2. The van der Waals surface area contributed by atoms with E-state index in [9.17, 15) is 14.4 Å². The number of unbranched alkanes of at least 4 members (excludes halogenated alkanes) is 3. The zero-order valence-electron chi connectivity index (χ0n) is 18.9. The number of hydrogen-bond acceptors (Lipinski definition) is 5. The molecule has 2 amide bonds. The zero-order valence-corrected chi connectivity index (χ0v) is 18.9. The Kier molecular flexibility index (Phi) is 7.95. The lowest BCUT2D eigenvalue weighted by Gasteiger charge is -2.22. The third-order valence-corrected chi connectivity index (χ3v) is 6.02. The number of nitrogens with zero attached hydrogens (tertiary/aromatic N) is 2. The third kappa shape index (κ3) is 4.63. The van der Waals surface area contributed by atoms with Crippen LogP contribution in [0.25, 0.3) is 0 Å². The molecule has 0 spiro atoms. The molecule has 2 aliphatic rings. The predicted molar refractivity (Wildman–Crippen MR) is 116 cm³/mol. The summed E-state index contributed by atoms with van der Waals surface area (Å²) in [6.45, 7) is 5.96. The van der Waals surface area contributed by atoms with Crippen LogP contribution in [0, 0.1) is 5.41 Å². The summed E-state index contributed by atoms with van der Waals surface area (Å²) in [5, 5.41) is 8.99. The molecule has 2 atom stereocenters. The van der Waals surface area contributed by atoms with Crippen LogP contribution in [0.5, 0.6) is 5.75 Å². The van der Waals surface area contributed by atoms with Gasteiger partial charge in [0.25, 0.3) is 0 Å². The Morgan fingerprint density at radius 3 is 2.32 bits per heavy atom. The number of benzene rings is 1.